The van der Waals surface area contributed by atoms with Crippen LogP contribution in [0.3, 0.4) is 0 Å². The Labute approximate surface area is 117 Å². The molecule has 0 amide bonds. The summed E-state index contributed by atoms with van der Waals surface area (Å²) >= 11 is 0. The van der Waals surface area contributed by atoms with Gasteiger partial charge in [-0.3, -0.25) is 0 Å². The van der Waals surface area contributed by atoms with E-state index in [0.29, 0.717) is 6.04 Å². The van der Waals surface area contributed by atoms with Gasteiger partial charge in [-0.25, -0.2) is 0 Å². The third-order valence-electron chi connectivity index (χ3n) is 3.27. The maximum atomic E-state index is 5.22. The van der Waals surface area contributed by atoms with E-state index in [1.807, 2.05) is 12.1 Å². The highest BCUT2D eigenvalue weighted by molar-refractivity contribution is 5.27. The summed E-state index contributed by atoms with van der Waals surface area (Å²) in [5.41, 5.74) is 1.36. The van der Waals surface area contributed by atoms with Gasteiger partial charge in [0.05, 0.1) is 7.11 Å². The van der Waals surface area contributed by atoms with Crippen LogP contribution in [0.4, 0.5) is 0 Å². The van der Waals surface area contributed by atoms with E-state index in [1.165, 1.54) is 5.56 Å². The monoisotopic (exact) mass is 259 g/mol. The second-order valence-corrected chi connectivity index (χ2v) is 4.90. The fraction of sp³-hybridized carbons (Fsp3) is 0.529. The van der Waals surface area contributed by atoms with Crippen molar-refractivity contribution < 1.29 is 4.74 Å². The molecule has 1 N–H and O–H groups in total. The van der Waals surface area contributed by atoms with E-state index in [2.05, 4.69) is 30.3 Å². The summed E-state index contributed by atoms with van der Waals surface area (Å²) in [4.78, 5) is 0. The number of nitrogens with one attached hydrogen (secondary N) is 1. The molecule has 0 radical (unpaired) electrons. The van der Waals surface area contributed by atoms with Crippen molar-refractivity contribution in [1.82, 2.24) is 5.32 Å². The lowest BCUT2D eigenvalue weighted by molar-refractivity contribution is 0.414. The Kier molecular flexibility index (Phi) is 7.77. The van der Waals surface area contributed by atoms with Crippen LogP contribution in [0.25, 0.3) is 0 Å². The quantitative estimate of drug-likeness (QED) is 0.542. The molecule has 104 valence electrons. The molecule has 0 spiro atoms. The smallest absolute Gasteiger partial charge is 0.118 e. The summed E-state index contributed by atoms with van der Waals surface area (Å²) in [6.07, 6.45) is 10.7. The molecule has 0 saturated carbocycles. The normalized spacial score (nSPS) is 11.8. The van der Waals surface area contributed by atoms with Gasteiger partial charge in [-0.15, -0.1) is 12.3 Å². The molecule has 0 aliphatic rings. The van der Waals surface area contributed by atoms with Crippen molar-refractivity contribution >= 4 is 0 Å². The maximum Gasteiger partial charge on any atom is 0.118 e. The minimum Gasteiger partial charge on any atom is -0.497 e. The molecule has 0 aliphatic heterocycles. The van der Waals surface area contributed by atoms with Crippen molar-refractivity contribution in [2.24, 2.45) is 0 Å². The average Bonchev–Trinajstić information content (AvgIpc) is 2.45. The van der Waals surface area contributed by atoms with Crippen LogP contribution in [-0.4, -0.2) is 19.7 Å². The predicted molar refractivity (Wildman–Crippen MR) is 81.5 cm³/mol. The lowest BCUT2D eigenvalue weighted by Gasteiger charge is -2.13. The van der Waals surface area contributed by atoms with Crippen LogP contribution in [0.15, 0.2) is 24.3 Å². The molecule has 0 aromatic heterocycles. The van der Waals surface area contributed by atoms with E-state index in [9.17, 15) is 0 Å². The van der Waals surface area contributed by atoms with E-state index >= 15 is 0 Å². The lowest BCUT2D eigenvalue weighted by atomic mass is 10.1. The first-order valence-corrected chi connectivity index (χ1v) is 7.06. The molecule has 0 saturated heterocycles. The first-order valence-electron chi connectivity index (χ1n) is 7.06. The highest BCUT2D eigenvalue weighted by Crippen LogP contribution is 2.13. The van der Waals surface area contributed by atoms with Crippen LogP contribution in [0, 0.1) is 12.3 Å². The summed E-state index contributed by atoms with van der Waals surface area (Å²) in [5, 5.41) is 3.54. The zero-order valence-corrected chi connectivity index (χ0v) is 12.1. The van der Waals surface area contributed by atoms with Crippen molar-refractivity contribution in [3.63, 3.8) is 0 Å². The highest BCUT2D eigenvalue weighted by Gasteiger charge is 2.02. The Morgan fingerprint density at radius 1 is 1.26 bits per heavy atom. The van der Waals surface area contributed by atoms with Crippen LogP contribution < -0.4 is 10.1 Å². The molecule has 1 aromatic rings. The molecule has 1 aromatic carbocycles. The van der Waals surface area contributed by atoms with Gasteiger partial charge in [0.1, 0.15) is 5.75 Å². The molecule has 1 unspecified atom stereocenters. The first-order chi connectivity index (χ1) is 9.26. The van der Waals surface area contributed by atoms with E-state index in [4.69, 9.17) is 11.2 Å². The number of benzene rings is 1. The molecule has 2 nitrogen and oxygen atoms in total. The number of rotatable bonds is 9. The van der Waals surface area contributed by atoms with Gasteiger partial charge in [0.15, 0.2) is 0 Å². The molecular formula is C17H25NO. The van der Waals surface area contributed by atoms with Gasteiger partial charge >= 0.3 is 0 Å². The Hall–Kier alpha value is -1.46. The fourth-order valence-electron chi connectivity index (χ4n) is 1.98. The standard InChI is InChI=1S/C17H25NO/c1-4-5-6-7-14-18-15(2)8-9-16-10-12-17(19-3)13-11-16/h1,10-13,15,18H,5-9,14H2,2-3H3. The number of hydrogen-bond acceptors (Lipinski definition) is 2. The van der Waals surface area contributed by atoms with Crippen molar-refractivity contribution in [3.8, 4) is 18.1 Å². The van der Waals surface area contributed by atoms with Crippen LogP contribution in [0.1, 0.15) is 38.2 Å². The second kappa shape index (κ2) is 9.47. The summed E-state index contributed by atoms with van der Waals surface area (Å²) < 4.78 is 5.15. The summed E-state index contributed by atoms with van der Waals surface area (Å²) in [6.45, 7) is 3.30. The SMILES string of the molecule is C#CCCCCNC(C)CCc1ccc(OC)cc1. The van der Waals surface area contributed by atoms with Crippen molar-refractivity contribution in [2.45, 2.75) is 45.1 Å². The van der Waals surface area contributed by atoms with Gasteiger partial charge in [0.25, 0.3) is 0 Å². The summed E-state index contributed by atoms with van der Waals surface area (Å²) in [5.74, 6) is 3.59. The van der Waals surface area contributed by atoms with Gasteiger partial charge in [-0.05, 0) is 56.8 Å². The zero-order valence-electron chi connectivity index (χ0n) is 12.1. The molecule has 0 bridgehead atoms. The number of ether oxygens (including phenoxy) is 1. The number of methoxy groups -OCH3 is 1. The second-order valence-electron chi connectivity index (χ2n) is 4.90. The number of terminal acetylenes is 1. The van der Waals surface area contributed by atoms with Gasteiger partial charge in [0, 0.05) is 12.5 Å². The maximum absolute atomic E-state index is 5.22. The third-order valence-corrected chi connectivity index (χ3v) is 3.27. The Bertz CT molecular complexity index is 377. The highest BCUT2D eigenvalue weighted by atomic mass is 16.5. The van der Waals surface area contributed by atoms with Crippen molar-refractivity contribution in [1.29, 1.82) is 0 Å². The van der Waals surface area contributed by atoms with Crippen molar-refractivity contribution in [2.75, 3.05) is 13.7 Å². The van der Waals surface area contributed by atoms with E-state index in [1.54, 1.807) is 7.11 Å². The minimum absolute atomic E-state index is 0.549. The average molecular weight is 259 g/mol. The molecular weight excluding hydrogens is 234 g/mol. The van der Waals surface area contributed by atoms with Crippen LogP contribution in [0.2, 0.25) is 0 Å². The number of hydrogen-bond donors (Lipinski definition) is 1. The Morgan fingerprint density at radius 2 is 2.00 bits per heavy atom. The van der Waals surface area contributed by atoms with E-state index in [-0.39, 0.29) is 0 Å². The summed E-state index contributed by atoms with van der Waals surface area (Å²) in [6, 6.07) is 8.87. The molecule has 0 heterocycles. The Balaban J connectivity index is 2.15. The molecule has 1 rings (SSSR count). The number of aryl methyl sites for hydroxylation is 1. The largest absolute Gasteiger partial charge is 0.497 e. The van der Waals surface area contributed by atoms with Crippen molar-refractivity contribution in [3.05, 3.63) is 29.8 Å². The summed E-state index contributed by atoms with van der Waals surface area (Å²) in [7, 11) is 1.70. The van der Waals surface area contributed by atoms with Crippen LogP contribution >= 0.6 is 0 Å². The molecule has 1 atom stereocenters. The first kappa shape index (κ1) is 15.6. The fourth-order valence-corrected chi connectivity index (χ4v) is 1.98. The third kappa shape index (κ3) is 6.88. The van der Waals surface area contributed by atoms with Crippen LogP contribution in [0.5, 0.6) is 5.75 Å². The van der Waals surface area contributed by atoms with Gasteiger partial charge in [-0.1, -0.05) is 12.1 Å². The minimum atomic E-state index is 0.549. The van der Waals surface area contributed by atoms with Crippen LogP contribution in [-0.2, 0) is 6.42 Å². The van der Waals surface area contributed by atoms with Gasteiger partial charge < -0.3 is 10.1 Å². The molecule has 19 heavy (non-hydrogen) atoms. The van der Waals surface area contributed by atoms with Gasteiger partial charge in [0.2, 0.25) is 0 Å². The zero-order chi connectivity index (χ0) is 13.9. The predicted octanol–water partition coefficient (Wildman–Crippen LogP) is 3.41. The van der Waals surface area contributed by atoms with E-state index < -0.39 is 0 Å². The lowest BCUT2D eigenvalue weighted by Crippen LogP contribution is -2.27. The Morgan fingerprint density at radius 3 is 2.63 bits per heavy atom. The molecule has 0 fully saturated rings. The van der Waals surface area contributed by atoms with Gasteiger partial charge in [-0.2, -0.15) is 0 Å². The number of unbranched alkanes of at least 4 members (excludes halogenated alkanes) is 2. The molecule has 2 heteroatoms. The topological polar surface area (TPSA) is 21.3 Å². The van der Waals surface area contributed by atoms with E-state index in [0.717, 1.165) is 44.4 Å². The molecule has 0 aliphatic carbocycles.